The Labute approximate surface area is 172 Å². The Balaban J connectivity index is 1.88. The molecule has 7 heteroatoms. The van der Waals surface area contributed by atoms with Crippen molar-refractivity contribution in [1.29, 1.82) is 0 Å². The van der Waals surface area contributed by atoms with Crippen LogP contribution in [-0.2, 0) is 4.74 Å². The molecule has 146 valence electrons. The first kappa shape index (κ1) is 18.0. The summed E-state index contributed by atoms with van der Waals surface area (Å²) in [4.78, 5) is 17.9. The highest BCUT2D eigenvalue weighted by molar-refractivity contribution is 7.71. The summed E-state index contributed by atoms with van der Waals surface area (Å²) in [7, 11) is 0. The van der Waals surface area contributed by atoms with Gasteiger partial charge in [0.15, 0.2) is 15.9 Å². The molecule has 0 saturated carbocycles. The minimum absolute atomic E-state index is 0.148. The number of benzene rings is 2. The van der Waals surface area contributed by atoms with Crippen molar-refractivity contribution < 1.29 is 4.74 Å². The van der Waals surface area contributed by atoms with Crippen LogP contribution in [0.15, 0.2) is 71.8 Å². The Morgan fingerprint density at radius 1 is 0.931 bits per heavy atom. The Morgan fingerprint density at radius 3 is 2.21 bits per heavy atom. The summed E-state index contributed by atoms with van der Waals surface area (Å²) in [5.74, 6) is 0. The number of hydrogen-bond acceptors (Lipinski definition) is 4. The number of nitrogens with zero attached hydrogens (tertiary/aromatic N) is 4. The summed E-state index contributed by atoms with van der Waals surface area (Å²) in [5, 5.41) is 0. The average Bonchev–Trinajstić information content (AvgIpc) is 3.21. The van der Waals surface area contributed by atoms with Crippen molar-refractivity contribution in [3.63, 3.8) is 0 Å². The molecule has 1 aliphatic rings. The molecule has 0 N–H and O–H groups in total. The fraction of sp³-hybridized carbons (Fsp3) is 0.227. The summed E-state index contributed by atoms with van der Waals surface area (Å²) in [6.45, 7) is 0.706. The predicted molar refractivity (Wildman–Crippen MR) is 114 cm³/mol. The minimum Gasteiger partial charge on any atom is -0.358 e. The van der Waals surface area contributed by atoms with E-state index in [1.165, 1.54) is 0 Å². The SMILES string of the molecule is O=c1c2ncn(C3CCCCO3)c2n(-c2ccccc2)c(=S)n1-c1ccccc1. The first-order valence-corrected chi connectivity index (χ1v) is 10.1. The monoisotopic (exact) mass is 404 g/mol. The second-order valence-corrected chi connectivity index (χ2v) is 7.44. The zero-order chi connectivity index (χ0) is 19.8. The van der Waals surface area contributed by atoms with E-state index in [0.29, 0.717) is 22.5 Å². The van der Waals surface area contributed by atoms with Crippen molar-refractivity contribution in [2.45, 2.75) is 25.5 Å². The molecule has 3 heterocycles. The van der Waals surface area contributed by atoms with Crippen LogP contribution >= 0.6 is 12.2 Å². The molecule has 4 aromatic rings. The molecule has 2 aromatic carbocycles. The van der Waals surface area contributed by atoms with E-state index >= 15 is 0 Å². The zero-order valence-corrected chi connectivity index (χ0v) is 16.6. The van der Waals surface area contributed by atoms with Gasteiger partial charge in [-0.1, -0.05) is 36.4 Å². The van der Waals surface area contributed by atoms with Gasteiger partial charge in [-0.3, -0.25) is 18.5 Å². The zero-order valence-electron chi connectivity index (χ0n) is 15.8. The summed E-state index contributed by atoms with van der Waals surface area (Å²) >= 11 is 5.84. The third-order valence-corrected chi connectivity index (χ3v) is 5.63. The largest absolute Gasteiger partial charge is 0.358 e. The van der Waals surface area contributed by atoms with Gasteiger partial charge >= 0.3 is 0 Å². The lowest BCUT2D eigenvalue weighted by Crippen LogP contribution is -2.26. The van der Waals surface area contributed by atoms with E-state index in [2.05, 4.69) is 4.98 Å². The molecule has 29 heavy (non-hydrogen) atoms. The number of para-hydroxylation sites is 2. The third-order valence-electron chi connectivity index (χ3n) is 5.26. The molecule has 5 rings (SSSR count). The van der Waals surface area contributed by atoms with Crippen LogP contribution in [0.2, 0.25) is 0 Å². The van der Waals surface area contributed by atoms with Crippen molar-refractivity contribution in [2.75, 3.05) is 6.61 Å². The second-order valence-electron chi connectivity index (χ2n) is 7.07. The lowest BCUT2D eigenvalue weighted by molar-refractivity contribution is -0.0299. The van der Waals surface area contributed by atoms with Gasteiger partial charge in [0.25, 0.3) is 5.56 Å². The quantitative estimate of drug-likeness (QED) is 0.475. The second kappa shape index (κ2) is 7.42. The number of aromatic nitrogens is 4. The molecule has 0 amide bonds. The Morgan fingerprint density at radius 2 is 1.59 bits per heavy atom. The lowest BCUT2D eigenvalue weighted by atomic mass is 10.2. The van der Waals surface area contributed by atoms with Crippen LogP contribution in [-0.4, -0.2) is 25.3 Å². The molecule has 2 aromatic heterocycles. The van der Waals surface area contributed by atoms with Gasteiger partial charge in [0, 0.05) is 12.3 Å². The standard InChI is InChI=1S/C22H20N4O2S/c27-21-19-20(24(15-23-19)18-13-7-8-14-28-18)25(16-9-3-1-4-10-16)22(29)26(21)17-11-5-2-6-12-17/h1-6,9-12,15,18H,7-8,13-14H2. The average molecular weight is 404 g/mol. The fourth-order valence-corrected chi connectivity index (χ4v) is 4.26. The maximum absolute atomic E-state index is 13.4. The Kier molecular flexibility index (Phi) is 4.61. The van der Waals surface area contributed by atoms with Gasteiger partial charge in [-0.2, -0.15) is 0 Å². The van der Waals surface area contributed by atoms with Crippen molar-refractivity contribution in [1.82, 2.24) is 18.7 Å². The van der Waals surface area contributed by atoms with Crippen LogP contribution in [0, 0.1) is 4.77 Å². The van der Waals surface area contributed by atoms with E-state index in [1.54, 1.807) is 10.9 Å². The smallest absolute Gasteiger partial charge is 0.287 e. The number of ether oxygens (including phenoxy) is 1. The summed E-state index contributed by atoms with van der Waals surface area (Å²) in [5.41, 5.74) is 2.42. The number of imidazole rings is 1. The highest BCUT2D eigenvalue weighted by Gasteiger charge is 2.23. The van der Waals surface area contributed by atoms with E-state index in [4.69, 9.17) is 17.0 Å². The van der Waals surface area contributed by atoms with Crippen LogP contribution < -0.4 is 5.56 Å². The van der Waals surface area contributed by atoms with Crippen LogP contribution in [0.1, 0.15) is 25.5 Å². The summed E-state index contributed by atoms with van der Waals surface area (Å²) in [6, 6.07) is 19.3. The van der Waals surface area contributed by atoms with Gasteiger partial charge in [-0.25, -0.2) is 4.98 Å². The lowest BCUT2D eigenvalue weighted by Gasteiger charge is -2.25. The topological polar surface area (TPSA) is 54.0 Å². The van der Waals surface area contributed by atoms with Crippen molar-refractivity contribution in [3.05, 3.63) is 82.1 Å². The molecule has 1 atom stereocenters. The molecule has 1 fully saturated rings. The Hall–Kier alpha value is -3.03. The van der Waals surface area contributed by atoms with Gasteiger partial charge in [0.2, 0.25) is 0 Å². The van der Waals surface area contributed by atoms with E-state index in [1.807, 2.05) is 69.8 Å². The maximum Gasteiger partial charge on any atom is 0.287 e. The van der Waals surface area contributed by atoms with Gasteiger partial charge < -0.3 is 4.74 Å². The van der Waals surface area contributed by atoms with Crippen molar-refractivity contribution in [2.24, 2.45) is 0 Å². The van der Waals surface area contributed by atoms with E-state index in [-0.39, 0.29) is 11.8 Å². The van der Waals surface area contributed by atoms with E-state index < -0.39 is 0 Å². The molecular weight excluding hydrogens is 384 g/mol. The van der Waals surface area contributed by atoms with Crippen LogP contribution in [0.4, 0.5) is 0 Å². The van der Waals surface area contributed by atoms with Gasteiger partial charge in [0.05, 0.1) is 12.0 Å². The van der Waals surface area contributed by atoms with Crippen molar-refractivity contribution in [3.8, 4) is 11.4 Å². The van der Waals surface area contributed by atoms with Gasteiger partial charge in [-0.05, 0) is 55.7 Å². The highest BCUT2D eigenvalue weighted by Crippen LogP contribution is 2.27. The molecular formula is C22H20N4O2S. The minimum atomic E-state index is -0.224. The summed E-state index contributed by atoms with van der Waals surface area (Å²) in [6.07, 6.45) is 4.57. The van der Waals surface area contributed by atoms with E-state index in [9.17, 15) is 4.79 Å². The molecule has 0 aliphatic carbocycles. The summed E-state index contributed by atoms with van der Waals surface area (Å²) < 4.78 is 11.8. The van der Waals surface area contributed by atoms with Crippen LogP contribution in [0.5, 0.6) is 0 Å². The van der Waals surface area contributed by atoms with Crippen LogP contribution in [0.25, 0.3) is 22.5 Å². The number of hydrogen-bond donors (Lipinski definition) is 0. The predicted octanol–water partition coefficient (Wildman–Crippen LogP) is 4.41. The fourth-order valence-electron chi connectivity index (χ4n) is 3.88. The van der Waals surface area contributed by atoms with Crippen molar-refractivity contribution >= 4 is 23.4 Å². The molecule has 0 spiro atoms. The van der Waals surface area contributed by atoms with Gasteiger partial charge in [0.1, 0.15) is 6.23 Å². The molecule has 1 unspecified atom stereocenters. The first-order chi connectivity index (χ1) is 14.3. The maximum atomic E-state index is 13.4. The van der Waals surface area contributed by atoms with Gasteiger partial charge in [-0.15, -0.1) is 0 Å². The number of rotatable bonds is 3. The molecule has 6 nitrogen and oxygen atoms in total. The molecule has 0 bridgehead atoms. The first-order valence-electron chi connectivity index (χ1n) is 9.73. The Bertz CT molecular complexity index is 1270. The molecule has 1 aliphatic heterocycles. The normalized spacial score (nSPS) is 16.9. The van der Waals surface area contributed by atoms with E-state index in [0.717, 1.165) is 30.6 Å². The highest BCUT2D eigenvalue weighted by atomic mass is 32.1. The molecule has 0 radical (unpaired) electrons. The van der Waals surface area contributed by atoms with Crippen LogP contribution in [0.3, 0.4) is 0 Å². The molecule has 1 saturated heterocycles. The third kappa shape index (κ3) is 3.03. The number of fused-ring (bicyclic) bond motifs is 1.